The summed E-state index contributed by atoms with van der Waals surface area (Å²) in [5.74, 6) is 0.513. The molecule has 0 unspecified atom stereocenters. The predicted molar refractivity (Wildman–Crippen MR) is 87.3 cm³/mol. The first kappa shape index (κ1) is 16.5. The standard InChI is InChI=1S/C16H20F2N6/c1-3-13-15(18)16(22-10-20-13)23(2)8-12-6-11(17)7-24(12)14-4-5-19-9-21-14/h4-5,9-12H,3,6-8H2,1-2H3/t11-,12-/m0/s1. The Kier molecular flexibility index (Phi) is 4.82. The van der Waals surface area contributed by atoms with Crippen molar-refractivity contribution in [1.29, 1.82) is 0 Å². The third-order valence-electron chi connectivity index (χ3n) is 4.25. The van der Waals surface area contributed by atoms with E-state index in [-0.39, 0.29) is 18.4 Å². The maximum Gasteiger partial charge on any atom is 0.187 e. The van der Waals surface area contributed by atoms with E-state index >= 15 is 0 Å². The lowest BCUT2D eigenvalue weighted by atomic mass is 10.2. The topological polar surface area (TPSA) is 58.0 Å². The van der Waals surface area contributed by atoms with Gasteiger partial charge in [-0.2, -0.15) is 0 Å². The molecule has 0 bridgehead atoms. The minimum Gasteiger partial charge on any atom is -0.355 e. The average molecular weight is 334 g/mol. The molecular weight excluding hydrogens is 314 g/mol. The van der Waals surface area contributed by atoms with Gasteiger partial charge in [-0.25, -0.2) is 28.7 Å². The predicted octanol–water partition coefficient (Wildman–Crippen LogP) is 2.02. The normalized spacial score (nSPS) is 20.4. The highest BCUT2D eigenvalue weighted by Crippen LogP contribution is 2.27. The molecule has 3 rings (SSSR count). The summed E-state index contributed by atoms with van der Waals surface area (Å²) in [7, 11) is 1.76. The van der Waals surface area contributed by atoms with E-state index in [4.69, 9.17) is 0 Å². The molecule has 128 valence electrons. The van der Waals surface area contributed by atoms with Crippen LogP contribution < -0.4 is 9.80 Å². The van der Waals surface area contributed by atoms with Gasteiger partial charge < -0.3 is 9.80 Å². The number of rotatable bonds is 5. The monoisotopic (exact) mass is 334 g/mol. The molecule has 24 heavy (non-hydrogen) atoms. The maximum atomic E-state index is 14.4. The van der Waals surface area contributed by atoms with Gasteiger partial charge in [0.25, 0.3) is 0 Å². The Bertz CT molecular complexity index is 684. The van der Waals surface area contributed by atoms with Gasteiger partial charge in [-0.3, -0.25) is 0 Å². The minimum atomic E-state index is -0.931. The van der Waals surface area contributed by atoms with Crippen LogP contribution in [0.2, 0.25) is 0 Å². The van der Waals surface area contributed by atoms with E-state index in [2.05, 4.69) is 19.9 Å². The van der Waals surface area contributed by atoms with Crippen LogP contribution in [-0.4, -0.2) is 52.3 Å². The van der Waals surface area contributed by atoms with Gasteiger partial charge in [0.1, 0.15) is 24.6 Å². The lowest BCUT2D eigenvalue weighted by molar-refractivity contribution is 0.356. The molecule has 0 N–H and O–H groups in total. The Balaban J connectivity index is 1.79. The molecule has 1 saturated heterocycles. The molecule has 1 aliphatic heterocycles. The molecule has 0 saturated carbocycles. The molecule has 0 amide bonds. The van der Waals surface area contributed by atoms with Gasteiger partial charge in [-0.15, -0.1) is 0 Å². The zero-order valence-electron chi connectivity index (χ0n) is 13.7. The fraction of sp³-hybridized carbons (Fsp3) is 0.500. The molecule has 3 heterocycles. The smallest absolute Gasteiger partial charge is 0.187 e. The Morgan fingerprint density at radius 1 is 1.29 bits per heavy atom. The molecule has 6 nitrogen and oxygen atoms in total. The summed E-state index contributed by atoms with van der Waals surface area (Å²) in [6, 6.07) is 1.64. The van der Waals surface area contributed by atoms with E-state index in [1.54, 1.807) is 24.2 Å². The highest BCUT2D eigenvalue weighted by atomic mass is 19.1. The number of hydrogen-bond acceptors (Lipinski definition) is 6. The highest BCUT2D eigenvalue weighted by Gasteiger charge is 2.34. The molecule has 2 aromatic rings. The van der Waals surface area contributed by atoms with E-state index in [0.717, 1.165) is 0 Å². The van der Waals surface area contributed by atoms with Gasteiger partial charge in [-0.1, -0.05) is 6.92 Å². The average Bonchev–Trinajstić information content (AvgIpc) is 2.96. The van der Waals surface area contributed by atoms with Crippen molar-refractivity contribution in [3.63, 3.8) is 0 Å². The van der Waals surface area contributed by atoms with Crippen molar-refractivity contribution in [2.75, 3.05) is 29.9 Å². The largest absolute Gasteiger partial charge is 0.355 e. The lowest BCUT2D eigenvalue weighted by Gasteiger charge is -2.29. The number of nitrogens with zero attached hydrogens (tertiary/aromatic N) is 6. The molecule has 8 heteroatoms. The lowest BCUT2D eigenvalue weighted by Crippen LogP contribution is -2.40. The first-order chi connectivity index (χ1) is 11.6. The van der Waals surface area contributed by atoms with E-state index in [9.17, 15) is 8.78 Å². The fourth-order valence-corrected chi connectivity index (χ4v) is 3.08. The molecular formula is C16H20F2N6. The van der Waals surface area contributed by atoms with Crippen molar-refractivity contribution >= 4 is 11.6 Å². The first-order valence-corrected chi connectivity index (χ1v) is 7.97. The molecule has 0 aliphatic carbocycles. The van der Waals surface area contributed by atoms with E-state index in [1.807, 2.05) is 11.8 Å². The molecule has 0 radical (unpaired) electrons. The Labute approximate surface area is 139 Å². The quantitative estimate of drug-likeness (QED) is 0.834. The molecule has 2 aromatic heterocycles. The van der Waals surface area contributed by atoms with Gasteiger partial charge in [0.05, 0.1) is 18.3 Å². The second-order valence-electron chi connectivity index (χ2n) is 5.90. The number of alkyl halides is 1. The summed E-state index contributed by atoms with van der Waals surface area (Å²) >= 11 is 0. The van der Waals surface area contributed by atoms with Crippen LogP contribution in [0.1, 0.15) is 19.0 Å². The van der Waals surface area contributed by atoms with Crippen LogP contribution in [0.5, 0.6) is 0 Å². The van der Waals surface area contributed by atoms with Crippen LogP contribution in [-0.2, 0) is 6.42 Å². The van der Waals surface area contributed by atoms with Crippen molar-refractivity contribution in [1.82, 2.24) is 19.9 Å². The zero-order chi connectivity index (χ0) is 17.1. The second-order valence-corrected chi connectivity index (χ2v) is 5.90. The Morgan fingerprint density at radius 3 is 2.83 bits per heavy atom. The van der Waals surface area contributed by atoms with Crippen LogP contribution in [0, 0.1) is 5.82 Å². The summed E-state index contributed by atoms with van der Waals surface area (Å²) in [6.07, 6.45) is 4.38. The number of aromatic nitrogens is 4. The SMILES string of the molecule is CCc1ncnc(N(C)C[C@@H]2C[C@H](F)CN2c2ccncn2)c1F. The van der Waals surface area contributed by atoms with Gasteiger partial charge in [0, 0.05) is 26.2 Å². The van der Waals surface area contributed by atoms with Crippen molar-refractivity contribution in [3.8, 4) is 0 Å². The molecule has 0 spiro atoms. The third-order valence-corrected chi connectivity index (χ3v) is 4.25. The van der Waals surface area contributed by atoms with Crippen molar-refractivity contribution in [2.24, 2.45) is 0 Å². The highest BCUT2D eigenvalue weighted by molar-refractivity contribution is 5.44. The summed E-state index contributed by atoms with van der Waals surface area (Å²) in [5.41, 5.74) is 0.384. The molecule has 2 atom stereocenters. The van der Waals surface area contributed by atoms with Crippen LogP contribution >= 0.6 is 0 Å². The molecule has 1 aliphatic rings. The fourth-order valence-electron chi connectivity index (χ4n) is 3.08. The Morgan fingerprint density at radius 2 is 2.12 bits per heavy atom. The second kappa shape index (κ2) is 7.02. The van der Waals surface area contributed by atoms with Gasteiger partial charge >= 0.3 is 0 Å². The third kappa shape index (κ3) is 3.27. The minimum absolute atomic E-state index is 0.112. The number of likely N-dealkylation sites (N-methyl/N-ethyl adjacent to an activating group) is 1. The first-order valence-electron chi connectivity index (χ1n) is 7.97. The molecule has 1 fully saturated rings. The zero-order valence-corrected chi connectivity index (χ0v) is 13.7. The summed E-state index contributed by atoms with van der Waals surface area (Å²) < 4.78 is 28.4. The van der Waals surface area contributed by atoms with E-state index in [1.165, 1.54) is 12.7 Å². The van der Waals surface area contributed by atoms with Crippen LogP contribution in [0.4, 0.5) is 20.4 Å². The van der Waals surface area contributed by atoms with Crippen LogP contribution in [0.3, 0.4) is 0 Å². The van der Waals surface area contributed by atoms with Gasteiger partial charge in [-0.05, 0) is 12.5 Å². The van der Waals surface area contributed by atoms with Crippen LogP contribution in [0.15, 0.2) is 24.9 Å². The van der Waals surface area contributed by atoms with Crippen molar-refractivity contribution in [2.45, 2.75) is 32.0 Å². The molecule has 0 aromatic carbocycles. The number of halogens is 2. The maximum absolute atomic E-state index is 14.4. The number of aryl methyl sites for hydroxylation is 1. The van der Waals surface area contributed by atoms with Gasteiger partial charge in [0.2, 0.25) is 0 Å². The van der Waals surface area contributed by atoms with Crippen molar-refractivity contribution in [3.05, 3.63) is 36.4 Å². The Hall–Kier alpha value is -2.38. The van der Waals surface area contributed by atoms with Crippen molar-refractivity contribution < 1.29 is 8.78 Å². The van der Waals surface area contributed by atoms with E-state index < -0.39 is 12.0 Å². The van der Waals surface area contributed by atoms with Crippen LogP contribution in [0.25, 0.3) is 0 Å². The summed E-state index contributed by atoms with van der Waals surface area (Å²) in [4.78, 5) is 19.7. The van der Waals surface area contributed by atoms with Gasteiger partial charge in [0.15, 0.2) is 11.6 Å². The number of anilines is 2. The summed E-state index contributed by atoms with van der Waals surface area (Å²) in [6.45, 7) is 2.57. The van der Waals surface area contributed by atoms with E-state index in [0.29, 0.717) is 30.9 Å². The number of hydrogen-bond donors (Lipinski definition) is 0. The summed E-state index contributed by atoms with van der Waals surface area (Å²) in [5, 5.41) is 0.